The second kappa shape index (κ2) is 7.03. The van der Waals surface area contributed by atoms with Crippen LogP contribution in [0.1, 0.15) is 16.1 Å². The van der Waals surface area contributed by atoms with Crippen LogP contribution in [0.25, 0.3) is 11.3 Å². The fraction of sp³-hybridized carbons (Fsp3) is 0.200. The summed E-state index contributed by atoms with van der Waals surface area (Å²) in [6.45, 7) is 0.618. The van der Waals surface area contributed by atoms with Gasteiger partial charge in [-0.25, -0.2) is 0 Å². The van der Waals surface area contributed by atoms with Crippen LogP contribution in [0.3, 0.4) is 0 Å². The summed E-state index contributed by atoms with van der Waals surface area (Å²) in [6.07, 6.45) is 0. The zero-order chi connectivity index (χ0) is 18.8. The van der Waals surface area contributed by atoms with Gasteiger partial charge >= 0.3 is 0 Å². The number of hydrogen-bond donors (Lipinski definition) is 1. The van der Waals surface area contributed by atoms with E-state index < -0.39 is 0 Å². The Bertz CT molecular complexity index is 979. The number of hydrogen-bond acceptors (Lipinski definition) is 5. The van der Waals surface area contributed by atoms with Gasteiger partial charge in [0, 0.05) is 19.2 Å². The fourth-order valence-corrected chi connectivity index (χ4v) is 2.91. The van der Waals surface area contributed by atoms with Crippen molar-refractivity contribution < 1.29 is 19.0 Å². The maximum Gasteiger partial charge on any atom is 0.269 e. The molecule has 1 aliphatic heterocycles. The number of benzene rings is 2. The molecule has 138 valence electrons. The molecule has 7 heteroatoms. The summed E-state index contributed by atoms with van der Waals surface area (Å²) in [5.41, 5.74) is 3.07. The molecule has 27 heavy (non-hydrogen) atoms. The summed E-state index contributed by atoms with van der Waals surface area (Å²) in [5.74, 6) is 2.00. The molecule has 0 aliphatic carbocycles. The molecule has 2 heterocycles. The van der Waals surface area contributed by atoms with Gasteiger partial charge in [-0.15, -0.1) is 0 Å². The predicted octanol–water partition coefficient (Wildman–Crippen LogP) is 2.75. The zero-order valence-corrected chi connectivity index (χ0v) is 15.1. The Balaban J connectivity index is 1.46. The number of nitrogens with one attached hydrogen (secondary N) is 1. The van der Waals surface area contributed by atoms with Crippen molar-refractivity contribution in [2.24, 2.45) is 7.05 Å². The first-order chi connectivity index (χ1) is 13.1. The van der Waals surface area contributed by atoms with E-state index in [4.69, 9.17) is 14.2 Å². The second-order valence-corrected chi connectivity index (χ2v) is 6.14. The van der Waals surface area contributed by atoms with Crippen LogP contribution in [0.4, 0.5) is 0 Å². The topological polar surface area (TPSA) is 74.6 Å². The van der Waals surface area contributed by atoms with Gasteiger partial charge in [0.1, 0.15) is 11.4 Å². The molecule has 0 unspecified atom stereocenters. The molecule has 0 fully saturated rings. The summed E-state index contributed by atoms with van der Waals surface area (Å²) >= 11 is 0. The number of carbonyl (C=O) groups is 1. The molecule has 1 N–H and O–H groups in total. The molecule has 1 amide bonds. The van der Waals surface area contributed by atoms with Crippen LogP contribution in [-0.4, -0.2) is 29.6 Å². The average molecular weight is 365 g/mol. The van der Waals surface area contributed by atoms with Gasteiger partial charge in [-0.05, 0) is 48.0 Å². The molecule has 7 nitrogen and oxygen atoms in total. The highest BCUT2D eigenvalue weighted by atomic mass is 16.7. The van der Waals surface area contributed by atoms with Crippen LogP contribution in [0, 0.1) is 0 Å². The summed E-state index contributed by atoms with van der Waals surface area (Å²) < 4.78 is 17.4. The number of aromatic nitrogens is 2. The minimum absolute atomic E-state index is 0.192. The third-order valence-corrected chi connectivity index (χ3v) is 4.39. The van der Waals surface area contributed by atoms with Crippen LogP contribution in [0.2, 0.25) is 0 Å². The van der Waals surface area contributed by atoms with Crippen LogP contribution in [-0.2, 0) is 13.6 Å². The number of nitrogens with zero attached hydrogens (tertiary/aromatic N) is 2. The highest BCUT2D eigenvalue weighted by Crippen LogP contribution is 2.32. The van der Waals surface area contributed by atoms with Crippen molar-refractivity contribution in [3.63, 3.8) is 0 Å². The maximum atomic E-state index is 12.6. The Morgan fingerprint density at radius 2 is 1.93 bits per heavy atom. The molecule has 2 aromatic carbocycles. The molecule has 0 radical (unpaired) electrons. The lowest BCUT2D eigenvalue weighted by molar-refractivity contribution is 0.0941. The van der Waals surface area contributed by atoms with E-state index >= 15 is 0 Å². The molecule has 0 atom stereocenters. The second-order valence-electron chi connectivity index (χ2n) is 6.14. The van der Waals surface area contributed by atoms with E-state index in [2.05, 4.69) is 10.4 Å². The molecule has 0 saturated carbocycles. The smallest absolute Gasteiger partial charge is 0.269 e. The van der Waals surface area contributed by atoms with E-state index in [1.807, 2.05) is 42.5 Å². The van der Waals surface area contributed by atoms with E-state index in [1.165, 1.54) is 0 Å². The molecule has 0 spiro atoms. The van der Waals surface area contributed by atoms with E-state index in [0.717, 1.165) is 28.3 Å². The Morgan fingerprint density at radius 3 is 2.70 bits per heavy atom. The van der Waals surface area contributed by atoms with Gasteiger partial charge in [0.05, 0.1) is 12.8 Å². The highest BCUT2D eigenvalue weighted by Gasteiger charge is 2.16. The molecule has 4 rings (SSSR count). The average Bonchev–Trinajstić information content (AvgIpc) is 3.32. The number of rotatable bonds is 5. The Labute approximate surface area is 156 Å². The van der Waals surface area contributed by atoms with Gasteiger partial charge in [-0.1, -0.05) is 6.07 Å². The summed E-state index contributed by atoms with van der Waals surface area (Å²) in [7, 11) is 3.38. The molecule has 1 aliphatic rings. The van der Waals surface area contributed by atoms with Gasteiger partial charge < -0.3 is 19.5 Å². The van der Waals surface area contributed by atoms with E-state index in [1.54, 1.807) is 24.9 Å². The van der Waals surface area contributed by atoms with Crippen molar-refractivity contribution in [3.8, 4) is 28.5 Å². The lowest BCUT2D eigenvalue weighted by Crippen LogP contribution is -2.25. The Morgan fingerprint density at radius 1 is 1.15 bits per heavy atom. The largest absolute Gasteiger partial charge is 0.497 e. The van der Waals surface area contributed by atoms with Crippen molar-refractivity contribution in [2.45, 2.75) is 6.54 Å². The van der Waals surface area contributed by atoms with Crippen LogP contribution in [0.5, 0.6) is 17.2 Å². The third kappa shape index (κ3) is 3.44. The number of methoxy groups -OCH3 is 1. The molecule has 0 saturated heterocycles. The first-order valence-corrected chi connectivity index (χ1v) is 8.49. The minimum atomic E-state index is -0.192. The number of amides is 1. The van der Waals surface area contributed by atoms with E-state index in [9.17, 15) is 4.79 Å². The van der Waals surface area contributed by atoms with Gasteiger partial charge in [0.25, 0.3) is 5.91 Å². The van der Waals surface area contributed by atoms with Crippen molar-refractivity contribution in [1.29, 1.82) is 0 Å². The van der Waals surface area contributed by atoms with Gasteiger partial charge in [-0.2, -0.15) is 5.10 Å². The van der Waals surface area contributed by atoms with Gasteiger partial charge in [0.15, 0.2) is 11.5 Å². The highest BCUT2D eigenvalue weighted by molar-refractivity contribution is 5.93. The molecule has 3 aromatic rings. The monoisotopic (exact) mass is 365 g/mol. The van der Waals surface area contributed by atoms with Crippen LogP contribution in [0.15, 0.2) is 48.5 Å². The van der Waals surface area contributed by atoms with Crippen molar-refractivity contribution in [2.75, 3.05) is 13.9 Å². The number of fused-ring (bicyclic) bond motifs is 1. The van der Waals surface area contributed by atoms with Crippen LogP contribution < -0.4 is 19.5 Å². The molecular weight excluding hydrogens is 346 g/mol. The standard InChI is InChI=1S/C20H19N3O4/c1-23-17(10-16(22-23)14-4-6-15(25-2)7-5-14)20(24)21-11-13-3-8-18-19(9-13)27-12-26-18/h3-10H,11-12H2,1-2H3,(H,21,24). The lowest BCUT2D eigenvalue weighted by Gasteiger charge is -2.06. The summed E-state index contributed by atoms with van der Waals surface area (Å²) in [4.78, 5) is 12.6. The van der Waals surface area contributed by atoms with Crippen molar-refractivity contribution in [3.05, 3.63) is 59.8 Å². The molecule has 0 bridgehead atoms. The molecule has 1 aromatic heterocycles. The Hall–Kier alpha value is -3.48. The normalized spacial score (nSPS) is 12.1. The number of aryl methyl sites for hydroxylation is 1. The zero-order valence-electron chi connectivity index (χ0n) is 15.1. The van der Waals surface area contributed by atoms with E-state index in [0.29, 0.717) is 18.0 Å². The SMILES string of the molecule is COc1ccc(-c2cc(C(=O)NCc3ccc4c(c3)OCO4)n(C)n2)cc1. The first kappa shape index (κ1) is 17.0. The fourth-order valence-electron chi connectivity index (χ4n) is 2.91. The van der Waals surface area contributed by atoms with Crippen molar-refractivity contribution in [1.82, 2.24) is 15.1 Å². The number of carbonyl (C=O) groups excluding carboxylic acids is 1. The summed E-state index contributed by atoms with van der Waals surface area (Å²) in [5, 5.41) is 7.35. The van der Waals surface area contributed by atoms with Crippen LogP contribution >= 0.6 is 0 Å². The lowest BCUT2D eigenvalue weighted by atomic mass is 10.1. The first-order valence-electron chi connectivity index (χ1n) is 8.49. The molecular formula is C20H19N3O4. The maximum absolute atomic E-state index is 12.6. The van der Waals surface area contributed by atoms with E-state index in [-0.39, 0.29) is 12.7 Å². The predicted molar refractivity (Wildman–Crippen MR) is 98.9 cm³/mol. The Kier molecular flexibility index (Phi) is 4.42. The van der Waals surface area contributed by atoms with Crippen molar-refractivity contribution >= 4 is 5.91 Å². The number of ether oxygens (including phenoxy) is 3. The van der Waals surface area contributed by atoms with Gasteiger partial charge in [-0.3, -0.25) is 9.48 Å². The van der Waals surface area contributed by atoms with Gasteiger partial charge in [0.2, 0.25) is 6.79 Å². The third-order valence-electron chi connectivity index (χ3n) is 4.39. The summed E-state index contributed by atoms with van der Waals surface area (Å²) in [6, 6.07) is 14.9. The minimum Gasteiger partial charge on any atom is -0.497 e. The quantitative estimate of drug-likeness (QED) is 0.753.